The van der Waals surface area contributed by atoms with Gasteiger partial charge in [-0.15, -0.1) is 29.1 Å². The second-order valence-corrected chi connectivity index (χ2v) is 4.68. The van der Waals surface area contributed by atoms with Crippen LogP contribution in [-0.2, 0) is 0 Å². The van der Waals surface area contributed by atoms with Gasteiger partial charge in [0.1, 0.15) is 0 Å². The number of thiophene rings is 2. The fraction of sp³-hybridized carbons (Fsp3) is 0.100. The zero-order valence-electron chi connectivity index (χ0n) is 7.24. The Hall–Kier alpha value is -1.31. The van der Waals surface area contributed by atoms with Crippen molar-refractivity contribution in [3.05, 3.63) is 22.4 Å². The van der Waals surface area contributed by atoms with Gasteiger partial charge in [0.2, 0.25) is 0 Å². The Kier molecular flexibility index (Phi) is 2.53. The number of hydrogen-bond donors (Lipinski definition) is 1. The molecule has 0 saturated heterocycles. The summed E-state index contributed by atoms with van der Waals surface area (Å²) in [5, 5.41) is 4.66. The average Bonchev–Trinajstić information content (AvgIpc) is 2.72. The van der Waals surface area contributed by atoms with E-state index in [-0.39, 0.29) is 12.5 Å². The molecule has 0 aromatic carbocycles. The highest BCUT2D eigenvalue weighted by molar-refractivity contribution is 7.27. The Bertz CT molecular complexity index is 475. The Morgan fingerprint density at radius 2 is 2.43 bits per heavy atom. The lowest BCUT2D eigenvalue weighted by molar-refractivity contribution is 0.0963. The minimum absolute atomic E-state index is 0.0867. The van der Waals surface area contributed by atoms with Crippen LogP contribution in [0.1, 0.15) is 9.67 Å². The molecule has 14 heavy (non-hydrogen) atoms. The van der Waals surface area contributed by atoms with Crippen LogP contribution >= 0.6 is 22.7 Å². The van der Waals surface area contributed by atoms with E-state index in [0.29, 0.717) is 0 Å². The van der Waals surface area contributed by atoms with Gasteiger partial charge in [0.05, 0.1) is 11.4 Å². The molecule has 0 aliphatic rings. The standard InChI is InChI=1S/C10H7NOS2/c1-2-4-11-10(12)9-6-8-7(14-9)3-5-13-8/h1,3,5-6H,4H2,(H,11,12). The van der Waals surface area contributed by atoms with Gasteiger partial charge in [-0.25, -0.2) is 0 Å². The van der Waals surface area contributed by atoms with Crippen LogP contribution in [0.15, 0.2) is 17.5 Å². The monoisotopic (exact) mass is 221 g/mol. The van der Waals surface area contributed by atoms with Crippen LogP contribution in [0.2, 0.25) is 0 Å². The van der Waals surface area contributed by atoms with E-state index in [9.17, 15) is 4.79 Å². The van der Waals surface area contributed by atoms with Gasteiger partial charge < -0.3 is 5.32 Å². The maximum Gasteiger partial charge on any atom is 0.262 e. The SMILES string of the molecule is C#CCNC(=O)c1cc2sccc2s1. The molecule has 0 aliphatic heterocycles. The normalized spacial score (nSPS) is 9.93. The molecule has 2 heterocycles. The maximum atomic E-state index is 11.5. The van der Waals surface area contributed by atoms with E-state index in [1.807, 2.05) is 17.5 Å². The lowest BCUT2D eigenvalue weighted by atomic mass is 10.4. The van der Waals surface area contributed by atoms with Crippen molar-refractivity contribution in [1.82, 2.24) is 5.32 Å². The molecule has 0 bridgehead atoms. The molecule has 0 unspecified atom stereocenters. The largest absolute Gasteiger partial charge is 0.340 e. The Balaban J connectivity index is 2.23. The number of amides is 1. The number of hydrogen-bond acceptors (Lipinski definition) is 3. The Morgan fingerprint density at radius 3 is 3.14 bits per heavy atom. The second kappa shape index (κ2) is 3.82. The summed E-state index contributed by atoms with van der Waals surface area (Å²) in [6.07, 6.45) is 5.05. The van der Waals surface area contributed by atoms with Crippen LogP contribution in [0.5, 0.6) is 0 Å². The molecule has 2 nitrogen and oxygen atoms in total. The van der Waals surface area contributed by atoms with Crippen molar-refractivity contribution >= 4 is 38.0 Å². The lowest BCUT2D eigenvalue weighted by Crippen LogP contribution is -2.22. The van der Waals surface area contributed by atoms with Crippen molar-refractivity contribution < 1.29 is 4.79 Å². The van der Waals surface area contributed by atoms with E-state index in [2.05, 4.69) is 11.2 Å². The molecule has 0 atom stereocenters. The van der Waals surface area contributed by atoms with E-state index in [1.54, 1.807) is 11.3 Å². The first kappa shape index (κ1) is 9.25. The topological polar surface area (TPSA) is 29.1 Å². The van der Waals surface area contributed by atoms with Crippen molar-refractivity contribution in [2.75, 3.05) is 6.54 Å². The summed E-state index contributed by atoms with van der Waals surface area (Å²) in [7, 11) is 0. The van der Waals surface area contributed by atoms with Crippen LogP contribution in [-0.4, -0.2) is 12.5 Å². The van der Waals surface area contributed by atoms with Crippen molar-refractivity contribution in [2.45, 2.75) is 0 Å². The van der Waals surface area contributed by atoms with Crippen LogP contribution in [0.25, 0.3) is 9.40 Å². The van der Waals surface area contributed by atoms with E-state index in [4.69, 9.17) is 6.42 Å². The van der Waals surface area contributed by atoms with Gasteiger partial charge in [0.25, 0.3) is 5.91 Å². The molecule has 0 spiro atoms. The molecule has 0 radical (unpaired) electrons. The lowest BCUT2D eigenvalue weighted by Gasteiger charge is -1.95. The van der Waals surface area contributed by atoms with Crippen LogP contribution in [0.4, 0.5) is 0 Å². The highest BCUT2D eigenvalue weighted by atomic mass is 32.1. The van der Waals surface area contributed by atoms with Crippen molar-refractivity contribution in [3.63, 3.8) is 0 Å². The molecular formula is C10H7NOS2. The van der Waals surface area contributed by atoms with Crippen LogP contribution in [0.3, 0.4) is 0 Å². The predicted octanol–water partition coefficient (Wildman–Crippen LogP) is 2.33. The number of carbonyl (C=O) groups is 1. The predicted molar refractivity (Wildman–Crippen MR) is 60.9 cm³/mol. The van der Waals surface area contributed by atoms with E-state index in [0.717, 1.165) is 14.3 Å². The summed E-state index contributed by atoms with van der Waals surface area (Å²) in [5.74, 6) is 2.28. The number of rotatable bonds is 2. The molecule has 2 rings (SSSR count). The molecule has 4 heteroatoms. The average molecular weight is 221 g/mol. The molecule has 0 saturated carbocycles. The molecule has 1 N–H and O–H groups in total. The number of carbonyl (C=O) groups excluding carboxylic acids is 1. The Labute approximate surface area is 89.6 Å². The summed E-state index contributed by atoms with van der Waals surface area (Å²) in [6, 6.07) is 3.92. The first-order valence-electron chi connectivity index (χ1n) is 4.00. The number of terminal acetylenes is 1. The smallest absolute Gasteiger partial charge is 0.262 e. The number of fused-ring (bicyclic) bond motifs is 1. The van der Waals surface area contributed by atoms with Crippen molar-refractivity contribution in [1.29, 1.82) is 0 Å². The second-order valence-electron chi connectivity index (χ2n) is 2.65. The van der Waals surface area contributed by atoms with Gasteiger partial charge in [-0.05, 0) is 17.5 Å². The summed E-state index contributed by atoms with van der Waals surface area (Å²) in [6.45, 7) is 0.282. The quantitative estimate of drug-likeness (QED) is 0.775. The van der Waals surface area contributed by atoms with Gasteiger partial charge in [-0.2, -0.15) is 0 Å². The minimum atomic E-state index is -0.0867. The summed E-state index contributed by atoms with van der Waals surface area (Å²) in [5.41, 5.74) is 0. The minimum Gasteiger partial charge on any atom is -0.340 e. The Morgan fingerprint density at radius 1 is 1.57 bits per heavy atom. The number of nitrogens with one attached hydrogen (secondary N) is 1. The van der Waals surface area contributed by atoms with E-state index in [1.165, 1.54) is 11.3 Å². The third-order valence-corrected chi connectivity index (χ3v) is 3.81. The molecule has 2 aromatic heterocycles. The molecule has 1 amide bonds. The fourth-order valence-corrected chi connectivity index (χ4v) is 3.12. The summed E-state index contributed by atoms with van der Waals surface area (Å²) in [4.78, 5) is 12.2. The molecule has 70 valence electrons. The zero-order valence-corrected chi connectivity index (χ0v) is 8.87. The molecule has 0 aliphatic carbocycles. The van der Waals surface area contributed by atoms with Gasteiger partial charge in [0.15, 0.2) is 0 Å². The molecule has 0 fully saturated rings. The van der Waals surface area contributed by atoms with E-state index >= 15 is 0 Å². The fourth-order valence-electron chi connectivity index (χ4n) is 1.10. The van der Waals surface area contributed by atoms with Crippen LogP contribution < -0.4 is 5.32 Å². The highest BCUT2D eigenvalue weighted by Crippen LogP contribution is 2.29. The third-order valence-electron chi connectivity index (χ3n) is 1.71. The molecular weight excluding hydrogens is 214 g/mol. The van der Waals surface area contributed by atoms with Gasteiger partial charge in [-0.3, -0.25) is 4.79 Å². The highest BCUT2D eigenvalue weighted by Gasteiger charge is 2.09. The van der Waals surface area contributed by atoms with Crippen molar-refractivity contribution in [3.8, 4) is 12.3 Å². The van der Waals surface area contributed by atoms with Crippen LogP contribution in [0, 0.1) is 12.3 Å². The van der Waals surface area contributed by atoms with Gasteiger partial charge in [0, 0.05) is 9.40 Å². The summed E-state index contributed by atoms with van der Waals surface area (Å²) >= 11 is 3.13. The first-order chi connectivity index (χ1) is 6.81. The summed E-state index contributed by atoms with van der Waals surface area (Å²) < 4.78 is 2.31. The van der Waals surface area contributed by atoms with E-state index < -0.39 is 0 Å². The van der Waals surface area contributed by atoms with Crippen molar-refractivity contribution in [2.24, 2.45) is 0 Å². The van der Waals surface area contributed by atoms with Gasteiger partial charge in [-0.1, -0.05) is 5.92 Å². The zero-order chi connectivity index (χ0) is 9.97. The van der Waals surface area contributed by atoms with Gasteiger partial charge >= 0.3 is 0 Å². The third kappa shape index (κ3) is 1.65. The molecule has 2 aromatic rings. The first-order valence-corrected chi connectivity index (χ1v) is 5.69. The maximum absolute atomic E-state index is 11.5.